The van der Waals surface area contributed by atoms with Gasteiger partial charge in [-0.2, -0.15) is 0 Å². The lowest BCUT2D eigenvalue weighted by Crippen LogP contribution is -2.56. The van der Waals surface area contributed by atoms with E-state index in [4.69, 9.17) is 5.73 Å². The lowest BCUT2D eigenvalue weighted by Gasteiger charge is -2.36. The summed E-state index contributed by atoms with van der Waals surface area (Å²) < 4.78 is 39.2. The monoisotopic (exact) mass is 431 g/mol. The summed E-state index contributed by atoms with van der Waals surface area (Å²) in [6, 6.07) is 1.12. The highest BCUT2D eigenvalue weighted by atomic mass is 35.5. The lowest BCUT2D eigenvalue weighted by molar-refractivity contribution is -0.139. The number of hydrogen-bond acceptors (Lipinski definition) is 5. The highest BCUT2D eigenvalue weighted by Gasteiger charge is 2.32. The molecule has 0 spiro atoms. The Hall–Kier alpha value is -2.46. The van der Waals surface area contributed by atoms with Gasteiger partial charge in [0, 0.05) is 18.7 Å². The van der Waals surface area contributed by atoms with Gasteiger partial charge in [-0.3, -0.25) is 14.6 Å². The van der Waals surface area contributed by atoms with Crippen molar-refractivity contribution in [1.29, 1.82) is 0 Å². The third kappa shape index (κ3) is 5.54. The van der Waals surface area contributed by atoms with Gasteiger partial charge < -0.3 is 16.0 Å². The Morgan fingerprint density at radius 2 is 1.86 bits per heavy atom. The fraction of sp³-hybridized carbons (Fsp3) is 0.444. The molecule has 0 bridgehead atoms. The number of fused-ring (bicyclic) bond motifs is 1. The molecule has 2 aromatic rings. The van der Waals surface area contributed by atoms with E-state index in [9.17, 15) is 22.8 Å². The number of hydrogen-bond donors (Lipinski definition) is 2. The van der Waals surface area contributed by atoms with Crippen LogP contribution in [0.4, 0.5) is 13.2 Å². The highest BCUT2D eigenvalue weighted by Crippen LogP contribution is 2.15. The number of nitrogens with zero attached hydrogens (tertiary/aromatic N) is 3. The molecule has 1 aliphatic heterocycles. The minimum atomic E-state index is -1.06. The number of carbonyl (C=O) groups is 2. The second-order valence-electron chi connectivity index (χ2n) is 6.71. The molecule has 2 heterocycles. The standard InChI is InChI=1S/C18H20F3N5O2.ClH/c19-10-8-26(9-10)18(28)13(22)3-1-2-4-23-17(27)16-7-24-14-5-11(20)12(21)6-15(14)25-16;/h5-7,10,13H,1-4,8-9,22H2,(H,23,27);1H. The smallest absolute Gasteiger partial charge is 0.271 e. The molecule has 1 atom stereocenters. The van der Waals surface area contributed by atoms with E-state index >= 15 is 0 Å². The quantitative estimate of drug-likeness (QED) is 0.650. The molecule has 0 saturated carbocycles. The molecule has 7 nitrogen and oxygen atoms in total. The average molecular weight is 432 g/mol. The number of alkyl halides is 1. The van der Waals surface area contributed by atoms with Crippen LogP contribution in [0.15, 0.2) is 18.3 Å². The first-order valence-corrected chi connectivity index (χ1v) is 8.93. The number of nitrogens with two attached hydrogens (primary N) is 1. The molecule has 0 aliphatic carbocycles. The molecule has 1 aliphatic rings. The van der Waals surface area contributed by atoms with Crippen LogP contribution in [0.3, 0.4) is 0 Å². The summed E-state index contributed by atoms with van der Waals surface area (Å²) in [7, 11) is 0. The summed E-state index contributed by atoms with van der Waals surface area (Å²) in [4.78, 5) is 33.3. The Balaban J connectivity index is 0.00000300. The molecule has 1 saturated heterocycles. The Morgan fingerprint density at radius 3 is 2.52 bits per heavy atom. The van der Waals surface area contributed by atoms with Gasteiger partial charge in [-0.05, 0) is 19.3 Å². The molecule has 1 unspecified atom stereocenters. The van der Waals surface area contributed by atoms with Crippen molar-refractivity contribution in [3.05, 3.63) is 35.7 Å². The van der Waals surface area contributed by atoms with E-state index in [1.54, 1.807) is 0 Å². The molecule has 1 fully saturated rings. The summed E-state index contributed by atoms with van der Waals surface area (Å²) in [5.41, 5.74) is 6.02. The Morgan fingerprint density at radius 1 is 1.21 bits per heavy atom. The fourth-order valence-electron chi connectivity index (χ4n) is 2.86. The van der Waals surface area contributed by atoms with Crippen molar-refractivity contribution in [2.45, 2.75) is 31.5 Å². The van der Waals surface area contributed by atoms with Gasteiger partial charge in [-0.1, -0.05) is 0 Å². The maximum absolute atomic E-state index is 13.3. The van der Waals surface area contributed by atoms with Crippen molar-refractivity contribution < 1.29 is 22.8 Å². The van der Waals surface area contributed by atoms with Gasteiger partial charge in [0.05, 0.1) is 36.4 Å². The number of benzene rings is 1. The number of likely N-dealkylation sites (tertiary alicyclic amines) is 1. The summed E-state index contributed by atoms with van der Waals surface area (Å²) >= 11 is 0. The van der Waals surface area contributed by atoms with E-state index in [1.165, 1.54) is 11.1 Å². The molecule has 0 radical (unpaired) electrons. The van der Waals surface area contributed by atoms with Crippen molar-refractivity contribution in [2.75, 3.05) is 19.6 Å². The predicted octanol–water partition coefficient (Wildman–Crippen LogP) is 1.74. The number of unbranched alkanes of at least 4 members (excludes halogenated alkanes) is 1. The van der Waals surface area contributed by atoms with Crippen LogP contribution in [0.25, 0.3) is 11.0 Å². The van der Waals surface area contributed by atoms with E-state index in [-0.39, 0.29) is 48.1 Å². The van der Waals surface area contributed by atoms with Crippen molar-refractivity contribution in [3.63, 3.8) is 0 Å². The van der Waals surface area contributed by atoms with Gasteiger partial charge in [-0.15, -0.1) is 12.4 Å². The average Bonchev–Trinajstić information content (AvgIpc) is 2.64. The third-order valence-electron chi connectivity index (χ3n) is 4.51. The van der Waals surface area contributed by atoms with Gasteiger partial charge in [0.1, 0.15) is 11.9 Å². The summed E-state index contributed by atoms with van der Waals surface area (Å²) in [6.45, 7) is 0.533. The van der Waals surface area contributed by atoms with Gasteiger partial charge >= 0.3 is 0 Å². The zero-order valence-electron chi connectivity index (χ0n) is 15.4. The molecule has 158 valence electrons. The van der Waals surface area contributed by atoms with Crippen LogP contribution in [0.1, 0.15) is 29.8 Å². The Labute approximate surface area is 171 Å². The van der Waals surface area contributed by atoms with E-state index in [0.717, 1.165) is 12.1 Å². The minimum Gasteiger partial charge on any atom is -0.351 e. The van der Waals surface area contributed by atoms with Crippen LogP contribution in [-0.4, -0.2) is 58.5 Å². The third-order valence-corrected chi connectivity index (χ3v) is 4.51. The van der Waals surface area contributed by atoms with Gasteiger partial charge in [0.2, 0.25) is 5.91 Å². The maximum atomic E-state index is 13.3. The van der Waals surface area contributed by atoms with E-state index in [0.29, 0.717) is 25.8 Å². The first-order valence-electron chi connectivity index (χ1n) is 8.93. The molecule has 1 aromatic heterocycles. The van der Waals surface area contributed by atoms with Crippen LogP contribution < -0.4 is 11.1 Å². The number of amides is 2. The molecule has 29 heavy (non-hydrogen) atoms. The molecule has 11 heteroatoms. The zero-order valence-corrected chi connectivity index (χ0v) is 16.2. The largest absolute Gasteiger partial charge is 0.351 e. The first kappa shape index (κ1) is 22.8. The SMILES string of the molecule is Cl.NC(CCCCNC(=O)c1cnc2cc(F)c(F)cc2n1)C(=O)N1CC(F)C1. The zero-order chi connectivity index (χ0) is 20.3. The second kappa shape index (κ2) is 9.84. The highest BCUT2D eigenvalue weighted by molar-refractivity contribution is 5.93. The lowest BCUT2D eigenvalue weighted by atomic mass is 10.1. The fourth-order valence-corrected chi connectivity index (χ4v) is 2.86. The van der Waals surface area contributed by atoms with Crippen molar-refractivity contribution in [1.82, 2.24) is 20.2 Å². The topological polar surface area (TPSA) is 101 Å². The molecule has 1 aromatic carbocycles. The molecule has 3 rings (SSSR count). The Kier molecular flexibility index (Phi) is 7.74. The number of rotatable bonds is 7. The van der Waals surface area contributed by atoms with Crippen LogP contribution >= 0.6 is 12.4 Å². The molecular formula is C18H21ClF3N5O2. The van der Waals surface area contributed by atoms with Gasteiger partial charge in [-0.25, -0.2) is 18.2 Å². The number of aromatic nitrogens is 2. The second-order valence-corrected chi connectivity index (χ2v) is 6.71. The molecule has 2 amide bonds. The van der Waals surface area contributed by atoms with Gasteiger partial charge in [0.25, 0.3) is 5.91 Å². The normalized spacial score (nSPS) is 14.8. The van der Waals surface area contributed by atoms with Gasteiger partial charge in [0.15, 0.2) is 11.6 Å². The Bertz CT molecular complexity index is 895. The van der Waals surface area contributed by atoms with Crippen LogP contribution in [-0.2, 0) is 4.79 Å². The van der Waals surface area contributed by atoms with E-state index < -0.39 is 29.8 Å². The van der Waals surface area contributed by atoms with Crippen LogP contribution in [0, 0.1) is 11.6 Å². The van der Waals surface area contributed by atoms with E-state index in [1.807, 2.05) is 0 Å². The molecular weight excluding hydrogens is 411 g/mol. The number of nitrogens with one attached hydrogen (secondary N) is 1. The first-order chi connectivity index (χ1) is 13.3. The van der Waals surface area contributed by atoms with Crippen LogP contribution in [0.2, 0.25) is 0 Å². The molecule has 3 N–H and O–H groups in total. The number of carbonyl (C=O) groups excluding carboxylic acids is 2. The van der Waals surface area contributed by atoms with Crippen molar-refractivity contribution >= 4 is 35.3 Å². The summed E-state index contributed by atoms with van der Waals surface area (Å²) in [5.74, 6) is -2.85. The van der Waals surface area contributed by atoms with Crippen molar-refractivity contribution in [3.8, 4) is 0 Å². The number of halogens is 4. The van der Waals surface area contributed by atoms with Crippen molar-refractivity contribution in [2.24, 2.45) is 5.73 Å². The van der Waals surface area contributed by atoms with Crippen LogP contribution in [0.5, 0.6) is 0 Å². The minimum absolute atomic E-state index is 0. The summed E-state index contributed by atoms with van der Waals surface area (Å²) in [5, 5.41) is 2.65. The maximum Gasteiger partial charge on any atom is 0.271 e. The predicted molar refractivity (Wildman–Crippen MR) is 102 cm³/mol. The summed E-state index contributed by atoms with van der Waals surface area (Å²) in [6.07, 6.45) is 1.85. The van der Waals surface area contributed by atoms with E-state index in [2.05, 4.69) is 15.3 Å².